The van der Waals surface area contributed by atoms with Gasteiger partial charge in [-0.05, 0) is 15.9 Å². The molecule has 2 aromatic rings. The van der Waals surface area contributed by atoms with Gasteiger partial charge < -0.3 is 14.0 Å². The van der Waals surface area contributed by atoms with Crippen molar-refractivity contribution >= 4 is 15.9 Å². The summed E-state index contributed by atoms with van der Waals surface area (Å²) in [6.07, 6.45) is 5.37. The summed E-state index contributed by atoms with van der Waals surface area (Å²) in [6.45, 7) is 1.20. The third-order valence-corrected chi connectivity index (χ3v) is 3.03. The van der Waals surface area contributed by atoms with Gasteiger partial charge in [0.05, 0.1) is 12.0 Å². The topological polar surface area (TPSA) is 36.3 Å². The van der Waals surface area contributed by atoms with Gasteiger partial charge in [-0.1, -0.05) is 0 Å². The minimum Gasteiger partial charge on any atom is -0.486 e. The number of hydrogen-bond acceptors (Lipinski definition) is 3. The van der Waals surface area contributed by atoms with Crippen molar-refractivity contribution in [3.63, 3.8) is 0 Å². The van der Waals surface area contributed by atoms with E-state index in [0.29, 0.717) is 13.2 Å². The zero-order valence-corrected chi connectivity index (χ0v) is 9.98. The van der Waals surface area contributed by atoms with Crippen molar-refractivity contribution in [1.29, 1.82) is 0 Å². The molecule has 3 rings (SSSR count). The minimum absolute atomic E-state index is 0.595. The SMILES string of the molecule is Brc1cc2c(cc1-n1ccnc1)OCCO2. The second kappa shape index (κ2) is 3.83. The number of ether oxygens (including phenoxy) is 2. The van der Waals surface area contributed by atoms with Gasteiger partial charge in [0.1, 0.15) is 13.2 Å². The molecule has 0 N–H and O–H groups in total. The second-order valence-corrected chi connectivity index (χ2v) is 4.27. The first-order valence-electron chi connectivity index (χ1n) is 4.92. The lowest BCUT2D eigenvalue weighted by Crippen LogP contribution is -2.15. The van der Waals surface area contributed by atoms with E-state index in [4.69, 9.17) is 9.47 Å². The highest BCUT2D eigenvalue weighted by Gasteiger charge is 2.15. The zero-order chi connectivity index (χ0) is 11.0. The highest BCUT2D eigenvalue weighted by atomic mass is 79.9. The number of benzene rings is 1. The molecule has 82 valence electrons. The Bertz CT molecular complexity index is 511. The maximum atomic E-state index is 5.54. The number of rotatable bonds is 1. The summed E-state index contributed by atoms with van der Waals surface area (Å²) in [6, 6.07) is 3.87. The summed E-state index contributed by atoms with van der Waals surface area (Å²) >= 11 is 3.51. The van der Waals surface area contributed by atoms with E-state index in [2.05, 4.69) is 20.9 Å². The number of nitrogens with zero attached hydrogens (tertiary/aromatic N) is 2. The molecule has 1 aromatic carbocycles. The summed E-state index contributed by atoms with van der Waals surface area (Å²) < 4.78 is 13.9. The average Bonchev–Trinajstić information content (AvgIpc) is 2.81. The Morgan fingerprint density at radius 3 is 2.62 bits per heavy atom. The third kappa shape index (κ3) is 1.57. The lowest BCUT2D eigenvalue weighted by Gasteiger charge is -2.20. The number of hydrogen-bond donors (Lipinski definition) is 0. The molecule has 0 amide bonds. The van der Waals surface area contributed by atoms with Crippen molar-refractivity contribution in [3.05, 3.63) is 35.3 Å². The Balaban J connectivity index is 2.12. The molecule has 0 bridgehead atoms. The molecule has 0 aliphatic carbocycles. The summed E-state index contributed by atoms with van der Waals surface area (Å²) in [5.41, 5.74) is 0.988. The summed E-state index contributed by atoms with van der Waals surface area (Å²) in [7, 11) is 0. The third-order valence-electron chi connectivity index (χ3n) is 2.39. The van der Waals surface area contributed by atoms with Crippen molar-refractivity contribution in [2.45, 2.75) is 0 Å². The van der Waals surface area contributed by atoms with Crippen molar-refractivity contribution in [2.75, 3.05) is 13.2 Å². The number of aromatic nitrogens is 2. The van der Waals surface area contributed by atoms with E-state index in [0.717, 1.165) is 21.7 Å². The molecule has 0 radical (unpaired) electrons. The smallest absolute Gasteiger partial charge is 0.163 e. The normalized spacial score (nSPS) is 13.8. The van der Waals surface area contributed by atoms with Gasteiger partial charge in [-0.25, -0.2) is 4.98 Å². The molecular weight excluding hydrogens is 272 g/mol. The van der Waals surface area contributed by atoms with Crippen molar-refractivity contribution < 1.29 is 9.47 Å². The lowest BCUT2D eigenvalue weighted by atomic mass is 10.2. The molecule has 1 aliphatic rings. The van der Waals surface area contributed by atoms with E-state index in [1.165, 1.54) is 0 Å². The highest BCUT2D eigenvalue weighted by Crippen LogP contribution is 2.36. The van der Waals surface area contributed by atoms with Crippen LogP contribution in [0.4, 0.5) is 0 Å². The van der Waals surface area contributed by atoms with Gasteiger partial charge in [0, 0.05) is 29.0 Å². The molecule has 0 saturated carbocycles. The van der Waals surface area contributed by atoms with Crippen LogP contribution in [0.3, 0.4) is 0 Å². The van der Waals surface area contributed by atoms with E-state index >= 15 is 0 Å². The summed E-state index contributed by atoms with van der Waals surface area (Å²) in [5.74, 6) is 1.56. The predicted molar refractivity (Wildman–Crippen MR) is 62.3 cm³/mol. The van der Waals surface area contributed by atoms with Crippen LogP contribution in [-0.2, 0) is 0 Å². The number of imidazole rings is 1. The lowest BCUT2D eigenvalue weighted by molar-refractivity contribution is 0.171. The van der Waals surface area contributed by atoms with Gasteiger partial charge in [-0.15, -0.1) is 0 Å². The van der Waals surface area contributed by atoms with Crippen LogP contribution in [0.15, 0.2) is 35.3 Å². The van der Waals surface area contributed by atoms with Crippen LogP contribution in [0, 0.1) is 0 Å². The molecule has 0 saturated heterocycles. The number of fused-ring (bicyclic) bond motifs is 1. The largest absolute Gasteiger partial charge is 0.486 e. The van der Waals surface area contributed by atoms with Crippen LogP contribution in [0.2, 0.25) is 0 Å². The number of halogens is 1. The standard InChI is InChI=1S/C11H9BrN2O2/c12-8-5-10-11(16-4-3-15-10)6-9(8)14-2-1-13-7-14/h1-2,5-7H,3-4H2. The minimum atomic E-state index is 0.595. The fourth-order valence-electron chi connectivity index (χ4n) is 1.65. The molecule has 4 nitrogen and oxygen atoms in total. The van der Waals surface area contributed by atoms with E-state index in [9.17, 15) is 0 Å². The van der Waals surface area contributed by atoms with E-state index in [1.54, 1.807) is 12.5 Å². The molecule has 0 spiro atoms. The first-order valence-corrected chi connectivity index (χ1v) is 5.71. The van der Waals surface area contributed by atoms with E-state index < -0.39 is 0 Å². The summed E-state index contributed by atoms with van der Waals surface area (Å²) in [4.78, 5) is 4.02. The van der Waals surface area contributed by atoms with E-state index in [1.807, 2.05) is 22.9 Å². The van der Waals surface area contributed by atoms with Crippen LogP contribution in [0.5, 0.6) is 11.5 Å². The monoisotopic (exact) mass is 280 g/mol. The van der Waals surface area contributed by atoms with Crippen LogP contribution in [0.25, 0.3) is 5.69 Å². The first-order chi connectivity index (χ1) is 7.84. The molecule has 0 atom stereocenters. The van der Waals surface area contributed by atoms with Crippen molar-refractivity contribution in [3.8, 4) is 17.2 Å². The Hall–Kier alpha value is -1.49. The van der Waals surface area contributed by atoms with Gasteiger partial charge in [-0.2, -0.15) is 0 Å². The molecule has 0 fully saturated rings. The summed E-state index contributed by atoms with van der Waals surface area (Å²) in [5, 5.41) is 0. The van der Waals surface area contributed by atoms with Crippen LogP contribution >= 0.6 is 15.9 Å². The van der Waals surface area contributed by atoms with Crippen LogP contribution in [-0.4, -0.2) is 22.8 Å². The fourth-order valence-corrected chi connectivity index (χ4v) is 2.18. The van der Waals surface area contributed by atoms with Crippen molar-refractivity contribution in [2.24, 2.45) is 0 Å². The van der Waals surface area contributed by atoms with Crippen LogP contribution in [0.1, 0.15) is 0 Å². The molecule has 5 heteroatoms. The van der Waals surface area contributed by atoms with E-state index in [-0.39, 0.29) is 0 Å². The van der Waals surface area contributed by atoms with Crippen molar-refractivity contribution in [1.82, 2.24) is 9.55 Å². The first kappa shape index (κ1) is 9.72. The Labute approximate surface area is 101 Å². The molecular formula is C11H9BrN2O2. The quantitative estimate of drug-likeness (QED) is 0.805. The maximum absolute atomic E-state index is 5.54. The Kier molecular flexibility index (Phi) is 2.32. The zero-order valence-electron chi connectivity index (χ0n) is 8.39. The van der Waals surface area contributed by atoms with Gasteiger partial charge in [0.15, 0.2) is 11.5 Å². The molecule has 1 aromatic heterocycles. The average molecular weight is 281 g/mol. The molecule has 2 heterocycles. The Morgan fingerprint density at radius 1 is 1.19 bits per heavy atom. The Morgan fingerprint density at radius 2 is 1.94 bits per heavy atom. The van der Waals surface area contributed by atoms with Gasteiger partial charge in [0.2, 0.25) is 0 Å². The van der Waals surface area contributed by atoms with Crippen LogP contribution < -0.4 is 9.47 Å². The fraction of sp³-hybridized carbons (Fsp3) is 0.182. The maximum Gasteiger partial charge on any atom is 0.163 e. The van der Waals surface area contributed by atoms with Gasteiger partial charge >= 0.3 is 0 Å². The molecule has 16 heavy (non-hydrogen) atoms. The highest BCUT2D eigenvalue weighted by molar-refractivity contribution is 9.10. The van der Waals surface area contributed by atoms with Gasteiger partial charge in [0.25, 0.3) is 0 Å². The predicted octanol–water partition coefficient (Wildman–Crippen LogP) is 2.41. The molecule has 0 unspecified atom stereocenters. The van der Waals surface area contributed by atoms with Gasteiger partial charge in [-0.3, -0.25) is 0 Å². The second-order valence-electron chi connectivity index (χ2n) is 3.42. The molecule has 1 aliphatic heterocycles.